The fourth-order valence-corrected chi connectivity index (χ4v) is 3.88. The lowest BCUT2D eigenvalue weighted by molar-refractivity contribution is 0.281. The number of hydrogen-bond acceptors (Lipinski definition) is 4. The van der Waals surface area contributed by atoms with E-state index < -0.39 is 0 Å². The number of aromatic nitrogens is 3. The third-order valence-corrected chi connectivity index (χ3v) is 5.90. The summed E-state index contributed by atoms with van der Waals surface area (Å²) in [5, 5.41) is 17.8. The molecule has 0 atom stereocenters. The number of nitrogens with one attached hydrogen (secondary N) is 2. The molecule has 0 bridgehead atoms. The molecule has 0 spiro atoms. The van der Waals surface area contributed by atoms with Crippen molar-refractivity contribution in [3.8, 4) is 11.5 Å². The average Bonchev–Trinajstić information content (AvgIpc) is 3.59. The quantitative estimate of drug-likeness (QED) is 0.232. The van der Waals surface area contributed by atoms with Crippen molar-refractivity contribution in [1.29, 1.82) is 0 Å². The average molecular weight is 478 g/mol. The first-order valence-electron chi connectivity index (χ1n) is 11.7. The summed E-state index contributed by atoms with van der Waals surface area (Å²) in [6.45, 7) is 0.475. The van der Waals surface area contributed by atoms with Crippen molar-refractivity contribution in [2.24, 2.45) is 0 Å². The van der Waals surface area contributed by atoms with Crippen molar-refractivity contribution in [3.63, 3.8) is 0 Å². The Morgan fingerprint density at radius 2 is 1.72 bits per heavy atom. The fourth-order valence-electron chi connectivity index (χ4n) is 3.88. The van der Waals surface area contributed by atoms with E-state index in [4.69, 9.17) is 14.6 Å². The van der Waals surface area contributed by atoms with Crippen LogP contribution in [0.1, 0.15) is 33.6 Å². The van der Waals surface area contributed by atoms with Crippen molar-refractivity contribution < 1.29 is 14.6 Å². The van der Waals surface area contributed by atoms with E-state index in [1.54, 1.807) is 7.11 Å². The van der Waals surface area contributed by atoms with Crippen LogP contribution in [-0.4, -0.2) is 27.4 Å². The number of benzene rings is 3. The number of ether oxygens (including phenoxy) is 2. The zero-order valence-corrected chi connectivity index (χ0v) is 19.9. The van der Waals surface area contributed by atoms with Gasteiger partial charge in [0, 0.05) is 23.3 Å². The van der Waals surface area contributed by atoms with Crippen LogP contribution in [0.25, 0.3) is 35.2 Å². The van der Waals surface area contributed by atoms with Crippen LogP contribution in [0, 0.1) is 0 Å². The van der Waals surface area contributed by atoms with E-state index in [1.807, 2.05) is 79.0 Å². The molecular formula is C30H27N3O3. The van der Waals surface area contributed by atoms with Crippen LogP contribution in [0.3, 0.4) is 0 Å². The second-order valence-electron chi connectivity index (χ2n) is 8.41. The minimum Gasteiger partial charge on any atom is -0.496 e. The van der Waals surface area contributed by atoms with Gasteiger partial charge in [-0.2, -0.15) is 5.10 Å². The van der Waals surface area contributed by atoms with Crippen LogP contribution in [0.5, 0.6) is 11.5 Å². The Balaban J connectivity index is 1.22. The van der Waals surface area contributed by atoms with Crippen LogP contribution in [0.2, 0.25) is 0 Å². The number of H-pyrrole nitrogens is 2. The molecule has 6 heteroatoms. The largest absolute Gasteiger partial charge is 0.496 e. The van der Waals surface area contributed by atoms with Crippen molar-refractivity contribution in [2.45, 2.75) is 13.2 Å². The molecule has 5 rings (SSSR count). The van der Waals surface area contributed by atoms with Gasteiger partial charge in [0.15, 0.2) is 0 Å². The molecule has 0 aliphatic carbocycles. The van der Waals surface area contributed by atoms with Crippen LogP contribution in [-0.2, 0) is 13.2 Å². The molecule has 5 aromatic rings. The van der Waals surface area contributed by atoms with Crippen molar-refractivity contribution in [1.82, 2.24) is 15.2 Å². The van der Waals surface area contributed by atoms with Crippen LogP contribution >= 0.6 is 0 Å². The number of aliphatic hydroxyl groups is 1. The lowest BCUT2D eigenvalue weighted by atomic mass is 10.1. The first-order chi connectivity index (χ1) is 17.7. The molecule has 2 aromatic heterocycles. The number of rotatable bonds is 9. The molecule has 0 radical (unpaired) electrons. The lowest BCUT2D eigenvalue weighted by Gasteiger charge is -2.10. The summed E-state index contributed by atoms with van der Waals surface area (Å²) in [7, 11) is 1.65. The molecule has 6 nitrogen and oxygen atoms in total. The number of methoxy groups -OCH3 is 1. The van der Waals surface area contributed by atoms with E-state index in [-0.39, 0.29) is 6.61 Å². The molecule has 0 saturated carbocycles. The first kappa shape index (κ1) is 23.2. The maximum Gasteiger partial charge on any atom is 0.129 e. The van der Waals surface area contributed by atoms with E-state index in [9.17, 15) is 0 Å². The van der Waals surface area contributed by atoms with Crippen molar-refractivity contribution >= 4 is 35.2 Å². The highest BCUT2D eigenvalue weighted by atomic mass is 16.5. The van der Waals surface area contributed by atoms with Gasteiger partial charge in [-0.15, -0.1) is 0 Å². The van der Waals surface area contributed by atoms with E-state index in [1.165, 1.54) is 5.39 Å². The van der Waals surface area contributed by atoms with Gasteiger partial charge in [-0.3, -0.25) is 5.10 Å². The van der Waals surface area contributed by atoms with E-state index in [2.05, 4.69) is 39.4 Å². The number of nitrogens with zero attached hydrogens (tertiary/aromatic N) is 1. The molecule has 180 valence electrons. The van der Waals surface area contributed by atoms with Gasteiger partial charge in [-0.1, -0.05) is 42.5 Å². The molecule has 2 heterocycles. The highest BCUT2D eigenvalue weighted by Crippen LogP contribution is 2.27. The predicted octanol–water partition coefficient (Wildman–Crippen LogP) is 6.31. The van der Waals surface area contributed by atoms with Gasteiger partial charge >= 0.3 is 0 Å². The molecule has 0 amide bonds. The fraction of sp³-hybridized carbons (Fsp3) is 0.100. The predicted molar refractivity (Wildman–Crippen MR) is 144 cm³/mol. The summed E-state index contributed by atoms with van der Waals surface area (Å²) in [4.78, 5) is 3.24. The van der Waals surface area contributed by atoms with Gasteiger partial charge in [0.25, 0.3) is 0 Å². The van der Waals surface area contributed by atoms with E-state index in [0.717, 1.165) is 50.7 Å². The number of hydrogen-bond donors (Lipinski definition) is 3. The lowest BCUT2D eigenvalue weighted by Crippen LogP contribution is -1.97. The third-order valence-electron chi connectivity index (χ3n) is 5.90. The van der Waals surface area contributed by atoms with Gasteiger partial charge in [0.1, 0.15) is 18.1 Å². The minimum atomic E-state index is 0.0367. The smallest absolute Gasteiger partial charge is 0.129 e. The Labute approximate surface area is 209 Å². The number of aliphatic hydroxyl groups excluding tert-OH is 1. The molecule has 0 fully saturated rings. The zero-order chi connectivity index (χ0) is 24.7. The van der Waals surface area contributed by atoms with Gasteiger partial charge < -0.3 is 19.6 Å². The normalized spacial score (nSPS) is 11.6. The Hall–Kier alpha value is -4.55. The molecule has 0 saturated heterocycles. The summed E-state index contributed by atoms with van der Waals surface area (Å²) in [6, 6.07) is 23.8. The summed E-state index contributed by atoms with van der Waals surface area (Å²) >= 11 is 0. The Morgan fingerprint density at radius 1 is 0.861 bits per heavy atom. The molecule has 3 aromatic carbocycles. The molecule has 36 heavy (non-hydrogen) atoms. The zero-order valence-electron chi connectivity index (χ0n) is 19.9. The topological polar surface area (TPSA) is 83.2 Å². The Morgan fingerprint density at radius 3 is 2.56 bits per heavy atom. The highest BCUT2D eigenvalue weighted by molar-refractivity contribution is 5.83. The number of fused-ring (bicyclic) bond motifs is 1. The second kappa shape index (κ2) is 10.8. The van der Waals surface area contributed by atoms with Crippen molar-refractivity contribution in [2.75, 3.05) is 7.11 Å². The summed E-state index contributed by atoms with van der Waals surface area (Å²) in [6.07, 6.45) is 9.93. The van der Waals surface area contributed by atoms with E-state index in [0.29, 0.717) is 6.61 Å². The third kappa shape index (κ3) is 5.56. The Kier molecular flexibility index (Phi) is 6.96. The van der Waals surface area contributed by atoms with Crippen LogP contribution < -0.4 is 9.47 Å². The van der Waals surface area contributed by atoms with Gasteiger partial charge in [0.05, 0.1) is 25.1 Å². The Bertz CT molecular complexity index is 1510. The number of aromatic amines is 2. The minimum absolute atomic E-state index is 0.0367. The molecule has 3 N–H and O–H groups in total. The molecular weight excluding hydrogens is 450 g/mol. The second-order valence-corrected chi connectivity index (χ2v) is 8.41. The standard InChI is InChI=1S/C30H27N3O3/c1-35-30-18-28(36-20-23-4-2-22(19-34)3-5-23)13-10-25(30)9-12-27-17-26(32-33-27)11-7-21-6-8-24-14-15-31-29(24)16-21/h2-18,31,34H,19-20H2,1H3,(H,32,33)/b11-7+,12-9+. The monoisotopic (exact) mass is 477 g/mol. The summed E-state index contributed by atoms with van der Waals surface area (Å²) in [5.74, 6) is 1.44. The van der Waals surface area contributed by atoms with Gasteiger partial charge in [-0.25, -0.2) is 0 Å². The molecule has 0 aliphatic heterocycles. The maximum atomic E-state index is 9.17. The highest BCUT2D eigenvalue weighted by Gasteiger charge is 2.05. The first-order valence-corrected chi connectivity index (χ1v) is 11.7. The molecule has 0 aliphatic rings. The van der Waals surface area contributed by atoms with Gasteiger partial charge in [-0.05, 0) is 70.6 Å². The van der Waals surface area contributed by atoms with E-state index >= 15 is 0 Å². The van der Waals surface area contributed by atoms with Crippen LogP contribution in [0.4, 0.5) is 0 Å². The summed E-state index contributed by atoms with van der Waals surface area (Å²) < 4.78 is 11.5. The van der Waals surface area contributed by atoms with Gasteiger partial charge in [0.2, 0.25) is 0 Å². The molecule has 0 unspecified atom stereocenters. The van der Waals surface area contributed by atoms with Crippen molar-refractivity contribution in [3.05, 3.63) is 113 Å². The SMILES string of the molecule is COc1cc(OCc2ccc(CO)cc2)ccc1/C=C/c1cc(/C=C/c2ccc3cc[nH]c3c2)n[nH]1. The summed E-state index contributed by atoms with van der Waals surface area (Å²) in [5.41, 5.74) is 6.81. The maximum absolute atomic E-state index is 9.17. The van der Waals surface area contributed by atoms with Crippen LogP contribution in [0.15, 0.2) is 79.0 Å².